The van der Waals surface area contributed by atoms with E-state index in [1.54, 1.807) is 38.3 Å². The molecule has 0 bridgehead atoms. The van der Waals surface area contributed by atoms with Gasteiger partial charge in [-0.2, -0.15) is 13.2 Å². The van der Waals surface area contributed by atoms with Crippen molar-refractivity contribution in [3.05, 3.63) is 29.8 Å². The van der Waals surface area contributed by atoms with Crippen molar-refractivity contribution in [2.75, 3.05) is 20.2 Å². The highest BCUT2D eigenvalue weighted by Gasteiger charge is 2.26. The molecule has 0 radical (unpaired) electrons. The number of ether oxygens (including phenoxy) is 1. The van der Waals surface area contributed by atoms with E-state index in [1.807, 2.05) is 5.32 Å². The first kappa shape index (κ1) is 16.3. The number of nitrogens with one attached hydrogen (secondary N) is 2. The van der Waals surface area contributed by atoms with Crippen LogP contribution in [-0.4, -0.2) is 32.3 Å². The first-order chi connectivity index (χ1) is 9.31. The Hall–Kier alpha value is -1.76. The number of alkyl halides is 3. The summed E-state index contributed by atoms with van der Waals surface area (Å²) in [6.07, 6.45) is -4.32. The average Bonchev–Trinajstić information content (AvgIpc) is 2.37. The van der Waals surface area contributed by atoms with Crippen LogP contribution in [0, 0.1) is 0 Å². The SMILES string of the molecule is COc1ccc(C(C)NC(=O)CNCC(F)(F)F)cc1. The molecule has 2 N–H and O–H groups in total. The minimum absolute atomic E-state index is 0.291. The van der Waals surface area contributed by atoms with Gasteiger partial charge in [-0.1, -0.05) is 12.1 Å². The second-order valence-corrected chi connectivity index (χ2v) is 4.28. The molecule has 0 saturated heterocycles. The molecule has 1 rings (SSSR count). The molecule has 0 aliphatic rings. The maximum absolute atomic E-state index is 11.9. The Labute approximate surface area is 115 Å². The number of carbonyl (C=O) groups is 1. The zero-order chi connectivity index (χ0) is 15.2. The van der Waals surface area contributed by atoms with Crippen LogP contribution < -0.4 is 15.4 Å². The third-order valence-corrected chi connectivity index (χ3v) is 2.60. The molecule has 20 heavy (non-hydrogen) atoms. The van der Waals surface area contributed by atoms with Gasteiger partial charge in [0.1, 0.15) is 5.75 Å². The van der Waals surface area contributed by atoms with Crippen LogP contribution in [0.25, 0.3) is 0 Å². The van der Waals surface area contributed by atoms with Gasteiger partial charge in [0.2, 0.25) is 5.91 Å². The van der Waals surface area contributed by atoms with Crippen LogP contribution in [0.15, 0.2) is 24.3 Å². The number of methoxy groups -OCH3 is 1. The van der Waals surface area contributed by atoms with E-state index in [-0.39, 0.29) is 12.6 Å². The van der Waals surface area contributed by atoms with E-state index in [0.717, 1.165) is 5.56 Å². The second-order valence-electron chi connectivity index (χ2n) is 4.28. The van der Waals surface area contributed by atoms with Crippen LogP contribution in [0.2, 0.25) is 0 Å². The minimum atomic E-state index is -4.32. The van der Waals surface area contributed by atoms with Crippen LogP contribution in [0.3, 0.4) is 0 Å². The lowest BCUT2D eigenvalue weighted by Crippen LogP contribution is -2.39. The van der Waals surface area contributed by atoms with Crippen molar-refractivity contribution in [2.24, 2.45) is 0 Å². The monoisotopic (exact) mass is 290 g/mol. The Morgan fingerprint density at radius 3 is 2.40 bits per heavy atom. The molecule has 1 amide bonds. The second kappa shape index (κ2) is 7.14. The molecule has 112 valence electrons. The van der Waals surface area contributed by atoms with Gasteiger partial charge < -0.3 is 15.4 Å². The summed E-state index contributed by atoms with van der Waals surface area (Å²) in [6, 6.07) is 6.78. The minimum Gasteiger partial charge on any atom is -0.497 e. The van der Waals surface area contributed by atoms with Gasteiger partial charge >= 0.3 is 6.18 Å². The van der Waals surface area contributed by atoms with E-state index in [4.69, 9.17) is 4.74 Å². The topological polar surface area (TPSA) is 50.4 Å². The number of amides is 1. The van der Waals surface area contributed by atoms with Crippen molar-refractivity contribution in [3.8, 4) is 5.75 Å². The van der Waals surface area contributed by atoms with Crippen molar-refractivity contribution in [1.29, 1.82) is 0 Å². The quantitative estimate of drug-likeness (QED) is 0.843. The fourth-order valence-electron chi connectivity index (χ4n) is 1.59. The normalized spacial score (nSPS) is 12.8. The molecule has 0 aliphatic carbocycles. The van der Waals surface area contributed by atoms with E-state index in [0.29, 0.717) is 5.75 Å². The maximum Gasteiger partial charge on any atom is 0.401 e. The molecule has 4 nitrogen and oxygen atoms in total. The summed E-state index contributed by atoms with van der Waals surface area (Å²) in [4.78, 5) is 11.5. The Morgan fingerprint density at radius 1 is 1.30 bits per heavy atom. The van der Waals surface area contributed by atoms with Crippen LogP contribution in [0.5, 0.6) is 5.75 Å². The number of hydrogen-bond donors (Lipinski definition) is 2. The lowest BCUT2D eigenvalue weighted by molar-refractivity contribution is -0.128. The van der Waals surface area contributed by atoms with Crippen molar-refractivity contribution in [2.45, 2.75) is 19.1 Å². The highest BCUT2D eigenvalue weighted by Crippen LogP contribution is 2.17. The fraction of sp³-hybridized carbons (Fsp3) is 0.462. The molecule has 0 heterocycles. The summed E-state index contributed by atoms with van der Waals surface area (Å²) in [6.45, 7) is 0.195. The molecule has 7 heteroatoms. The van der Waals surface area contributed by atoms with Gasteiger partial charge in [-0.15, -0.1) is 0 Å². The zero-order valence-electron chi connectivity index (χ0n) is 11.3. The van der Waals surface area contributed by atoms with Gasteiger partial charge in [0.15, 0.2) is 0 Å². The Morgan fingerprint density at radius 2 is 1.90 bits per heavy atom. The number of halogens is 3. The summed E-state index contributed by atoms with van der Waals surface area (Å²) in [5.41, 5.74) is 0.843. The lowest BCUT2D eigenvalue weighted by Gasteiger charge is -2.15. The highest BCUT2D eigenvalue weighted by molar-refractivity contribution is 5.78. The predicted molar refractivity (Wildman–Crippen MR) is 68.5 cm³/mol. The zero-order valence-corrected chi connectivity index (χ0v) is 11.3. The molecule has 1 unspecified atom stereocenters. The Kier molecular flexibility index (Phi) is 5.82. The van der Waals surface area contributed by atoms with Gasteiger partial charge in [-0.3, -0.25) is 4.79 Å². The first-order valence-electron chi connectivity index (χ1n) is 6.02. The fourth-order valence-corrected chi connectivity index (χ4v) is 1.59. The van der Waals surface area contributed by atoms with Gasteiger partial charge in [0.05, 0.1) is 26.2 Å². The Bertz CT molecular complexity index is 432. The van der Waals surface area contributed by atoms with Crippen LogP contribution in [0.4, 0.5) is 13.2 Å². The van der Waals surface area contributed by atoms with E-state index in [1.165, 1.54) is 0 Å². The Balaban J connectivity index is 2.40. The van der Waals surface area contributed by atoms with E-state index in [9.17, 15) is 18.0 Å². The molecule has 1 aromatic carbocycles. The summed E-state index contributed by atoms with van der Waals surface area (Å²) >= 11 is 0. The first-order valence-corrected chi connectivity index (χ1v) is 6.02. The molecule has 0 aliphatic heterocycles. The van der Waals surface area contributed by atoms with Crippen LogP contribution in [0.1, 0.15) is 18.5 Å². The van der Waals surface area contributed by atoms with Crippen LogP contribution in [-0.2, 0) is 4.79 Å². The number of benzene rings is 1. The molecular weight excluding hydrogens is 273 g/mol. The third kappa shape index (κ3) is 5.92. The third-order valence-electron chi connectivity index (χ3n) is 2.60. The maximum atomic E-state index is 11.9. The summed E-state index contributed by atoms with van der Waals surface area (Å²) in [7, 11) is 1.55. The summed E-state index contributed by atoms with van der Waals surface area (Å²) in [5.74, 6) is 0.205. The summed E-state index contributed by atoms with van der Waals surface area (Å²) < 4.78 is 40.7. The molecule has 1 atom stereocenters. The number of carbonyl (C=O) groups excluding carboxylic acids is 1. The number of rotatable bonds is 6. The molecule has 0 saturated carbocycles. The smallest absolute Gasteiger partial charge is 0.401 e. The standard InChI is InChI=1S/C13H17F3N2O2/c1-9(10-3-5-11(20-2)6-4-10)18-12(19)7-17-8-13(14,15)16/h3-6,9,17H,7-8H2,1-2H3,(H,18,19). The van der Waals surface area contributed by atoms with E-state index in [2.05, 4.69) is 5.32 Å². The van der Waals surface area contributed by atoms with Crippen molar-refractivity contribution >= 4 is 5.91 Å². The summed E-state index contributed by atoms with van der Waals surface area (Å²) in [5, 5.41) is 4.65. The lowest BCUT2D eigenvalue weighted by atomic mass is 10.1. The molecule has 0 aromatic heterocycles. The highest BCUT2D eigenvalue weighted by atomic mass is 19.4. The van der Waals surface area contributed by atoms with Crippen molar-refractivity contribution in [3.63, 3.8) is 0 Å². The largest absolute Gasteiger partial charge is 0.497 e. The van der Waals surface area contributed by atoms with E-state index < -0.39 is 18.6 Å². The van der Waals surface area contributed by atoms with Crippen molar-refractivity contribution < 1.29 is 22.7 Å². The van der Waals surface area contributed by atoms with E-state index >= 15 is 0 Å². The molecule has 0 spiro atoms. The van der Waals surface area contributed by atoms with Gasteiger partial charge in [-0.25, -0.2) is 0 Å². The van der Waals surface area contributed by atoms with Gasteiger partial charge in [0, 0.05) is 0 Å². The number of hydrogen-bond acceptors (Lipinski definition) is 3. The average molecular weight is 290 g/mol. The molecule has 0 fully saturated rings. The molecular formula is C13H17F3N2O2. The molecule has 1 aromatic rings. The van der Waals surface area contributed by atoms with Gasteiger partial charge in [0.25, 0.3) is 0 Å². The van der Waals surface area contributed by atoms with Gasteiger partial charge in [-0.05, 0) is 24.6 Å². The van der Waals surface area contributed by atoms with Crippen LogP contribution >= 0.6 is 0 Å². The predicted octanol–water partition coefficient (Wildman–Crippen LogP) is 2.02. The van der Waals surface area contributed by atoms with Crippen molar-refractivity contribution in [1.82, 2.24) is 10.6 Å².